The average molecular weight is 1280 g/mol. The lowest BCUT2D eigenvalue weighted by Gasteiger charge is -2.41. The number of amides is 11. The van der Waals surface area contributed by atoms with Crippen molar-refractivity contribution in [2.75, 3.05) is 55.9 Å². The molecule has 23 heteroatoms. The molecule has 2 rings (SSSR count). The number of hydrogen-bond acceptors (Lipinski definition) is 12. The summed E-state index contributed by atoms with van der Waals surface area (Å²) in [4.78, 5) is 170. The standard InChI is InChI=1S/C68H115N11O12/c1-25-49-64(87)73(18)37-54(80)74(19)50(33-38(2)3)61(84)72-55(42(10)11)67(90)75(20)51(34-39(4)5)60(83)69-46(16)59(82)70-47(17)63(86)76(21)52(35-40(6)7)65(88)77(22)53(36-41(8)9)66(89)78(23)56(43(12)13)68(91)79(24)57(62(85)71-49)58(81)45(15)30-28-32-48-31-27-26-29-44(48)14/h26-29,31-32,38-43,45-47,49-53,55-58,81H,25,30,33-37H2,1-24H3,(H,69,83)(H,70,82)(H,71,85)(H,72,84)/b32-28+/t45-,46+,47-,49+,50+,51+,52+,53+,55+,56+,57+,58-/m1/s1. The summed E-state index contributed by atoms with van der Waals surface area (Å²) in [6.07, 6.45) is 3.07. The number of aliphatic hydroxyl groups excluding tert-OH is 1. The van der Waals surface area contributed by atoms with E-state index in [9.17, 15) is 38.7 Å². The van der Waals surface area contributed by atoms with Crippen LogP contribution in [-0.2, 0) is 52.7 Å². The van der Waals surface area contributed by atoms with Crippen molar-refractivity contribution >= 4 is 71.1 Å². The normalized spacial score (nSPS) is 25.9. The van der Waals surface area contributed by atoms with Gasteiger partial charge in [-0.15, -0.1) is 0 Å². The summed E-state index contributed by atoms with van der Waals surface area (Å²) in [5.74, 6) is -9.89. The van der Waals surface area contributed by atoms with Crippen LogP contribution in [0.15, 0.2) is 30.3 Å². The van der Waals surface area contributed by atoms with Gasteiger partial charge in [-0.3, -0.25) is 52.7 Å². The molecule has 0 bridgehead atoms. The molecular weight excluding hydrogens is 1160 g/mol. The van der Waals surface area contributed by atoms with Gasteiger partial charge >= 0.3 is 0 Å². The monoisotopic (exact) mass is 1280 g/mol. The maximum absolute atomic E-state index is 15.4. The van der Waals surface area contributed by atoms with Gasteiger partial charge in [-0.1, -0.05) is 133 Å². The largest absolute Gasteiger partial charge is 0.390 e. The maximum atomic E-state index is 15.4. The van der Waals surface area contributed by atoms with E-state index in [1.54, 1.807) is 41.5 Å². The van der Waals surface area contributed by atoms with E-state index in [1.165, 1.54) is 87.7 Å². The third-order valence-corrected chi connectivity index (χ3v) is 17.3. The predicted octanol–water partition coefficient (Wildman–Crippen LogP) is 4.71. The minimum absolute atomic E-state index is 0.00957. The smallest absolute Gasteiger partial charge is 0.246 e. The SMILES string of the molecule is CC[C@@H]1NC(=O)[C@H]([C@H](O)[C@H](C)C/C=C/c2ccccc2C)N(C)C(=O)[C@H](C(C)C)N(C)C(=O)[C@H](CC(C)C)N(C)C(=O)[C@H](CC(C)C)N(C)C(=O)[C@@H](C)NC(=O)[C@H](C)NC(=O)[C@H](CC(C)C)N(C)C(=O)[C@H](C(C)C)NC(=O)[C@H](CC(C)C)N(C)C(=O)CN(C)C1=O. The number of rotatable bonds is 16. The topological polar surface area (TPSA) is 279 Å². The van der Waals surface area contributed by atoms with Gasteiger partial charge in [-0.25, -0.2) is 0 Å². The molecule has 0 aromatic heterocycles. The molecule has 514 valence electrons. The molecule has 0 radical (unpaired) electrons. The zero-order valence-electron chi connectivity index (χ0n) is 59.4. The maximum Gasteiger partial charge on any atom is 0.246 e. The number of carbonyl (C=O) groups excluding carboxylic acids is 11. The summed E-state index contributed by atoms with van der Waals surface area (Å²) < 4.78 is 0. The van der Waals surface area contributed by atoms with Crippen LogP contribution in [0, 0.1) is 48.3 Å². The number of hydrogen-bond donors (Lipinski definition) is 5. The molecule has 0 spiro atoms. The molecule has 1 aliphatic rings. The quantitative estimate of drug-likeness (QED) is 0.151. The van der Waals surface area contributed by atoms with Crippen molar-refractivity contribution in [3.8, 4) is 0 Å². The van der Waals surface area contributed by atoms with Gasteiger partial charge in [0.15, 0.2) is 0 Å². The fourth-order valence-electron chi connectivity index (χ4n) is 11.5. The molecule has 5 N–H and O–H groups in total. The molecular formula is C68H115N11O12. The van der Waals surface area contributed by atoms with Crippen molar-refractivity contribution in [1.82, 2.24) is 55.6 Å². The minimum atomic E-state index is -1.65. The number of likely N-dealkylation sites (N-methyl/N-ethyl adjacent to an activating group) is 7. The summed E-state index contributed by atoms with van der Waals surface area (Å²) in [6, 6.07) is -4.75. The van der Waals surface area contributed by atoms with E-state index < -0.39 is 156 Å². The Morgan fingerprint density at radius 2 is 0.923 bits per heavy atom. The molecule has 1 aliphatic heterocycles. The van der Waals surface area contributed by atoms with E-state index in [0.717, 1.165) is 20.9 Å². The Morgan fingerprint density at radius 3 is 1.41 bits per heavy atom. The van der Waals surface area contributed by atoms with Crippen LogP contribution in [0.2, 0.25) is 0 Å². The molecule has 1 heterocycles. The first-order chi connectivity index (χ1) is 42.1. The first kappa shape index (κ1) is 80.2. The summed E-state index contributed by atoms with van der Waals surface area (Å²) in [5.41, 5.74) is 1.96. The first-order valence-electron chi connectivity index (χ1n) is 32.6. The van der Waals surface area contributed by atoms with Gasteiger partial charge in [0.2, 0.25) is 65.0 Å². The number of allylic oxidation sites excluding steroid dienone is 1. The Kier molecular flexibility index (Phi) is 32.0. The van der Waals surface area contributed by atoms with Gasteiger partial charge in [0.05, 0.1) is 12.6 Å². The van der Waals surface area contributed by atoms with Crippen molar-refractivity contribution in [2.24, 2.45) is 41.4 Å². The zero-order valence-corrected chi connectivity index (χ0v) is 59.4. The zero-order chi connectivity index (χ0) is 70.0. The van der Waals surface area contributed by atoms with Crippen LogP contribution in [0.1, 0.15) is 160 Å². The molecule has 1 fully saturated rings. The number of carbonyl (C=O) groups is 11. The van der Waals surface area contributed by atoms with Crippen LogP contribution in [0.5, 0.6) is 0 Å². The summed E-state index contributed by atoms with van der Waals surface area (Å²) in [6.45, 7) is 29.5. The molecule has 0 saturated carbocycles. The van der Waals surface area contributed by atoms with Gasteiger partial charge in [0.25, 0.3) is 0 Å². The molecule has 11 amide bonds. The lowest BCUT2D eigenvalue weighted by atomic mass is 9.91. The fraction of sp³-hybridized carbons (Fsp3) is 0.721. The van der Waals surface area contributed by atoms with E-state index in [-0.39, 0.29) is 62.2 Å². The van der Waals surface area contributed by atoms with Gasteiger partial charge in [0, 0.05) is 49.3 Å². The third-order valence-electron chi connectivity index (χ3n) is 17.3. The molecule has 91 heavy (non-hydrogen) atoms. The van der Waals surface area contributed by atoms with Crippen LogP contribution < -0.4 is 21.3 Å². The number of nitrogens with zero attached hydrogens (tertiary/aromatic N) is 7. The van der Waals surface area contributed by atoms with Crippen molar-refractivity contribution in [2.45, 2.75) is 223 Å². The highest BCUT2D eigenvalue weighted by atomic mass is 16.3. The second kappa shape index (κ2) is 36.4. The van der Waals surface area contributed by atoms with Crippen molar-refractivity contribution in [1.29, 1.82) is 0 Å². The number of nitrogens with one attached hydrogen (secondary N) is 4. The molecule has 1 aromatic carbocycles. The van der Waals surface area contributed by atoms with E-state index in [4.69, 9.17) is 0 Å². The summed E-state index contributed by atoms with van der Waals surface area (Å²) in [5, 5.41) is 23.4. The Morgan fingerprint density at radius 1 is 0.484 bits per heavy atom. The third kappa shape index (κ3) is 22.4. The Labute approximate surface area is 543 Å². The van der Waals surface area contributed by atoms with Crippen LogP contribution in [-0.4, -0.2) is 227 Å². The molecule has 1 saturated heterocycles. The number of aliphatic hydroxyl groups is 1. The lowest BCUT2D eigenvalue weighted by molar-refractivity contribution is -0.157. The first-order valence-corrected chi connectivity index (χ1v) is 32.6. The van der Waals surface area contributed by atoms with Gasteiger partial charge < -0.3 is 60.7 Å². The highest BCUT2D eigenvalue weighted by molar-refractivity contribution is 5.99. The summed E-state index contributed by atoms with van der Waals surface area (Å²) in [7, 11) is 9.94. The van der Waals surface area contributed by atoms with Crippen LogP contribution in [0.3, 0.4) is 0 Å². The van der Waals surface area contributed by atoms with E-state index in [2.05, 4.69) is 21.3 Å². The van der Waals surface area contributed by atoms with Gasteiger partial charge in [-0.2, -0.15) is 0 Å². The highest BCUT2D eigenvalue weighted by Gasteiger charge is 2.46. The Balaban J connectivity index is 3.00. The molecule has 1 aromatic rings. The Bertz CT molecular complexity index is 2700. The van der Waals surface area contributed by atoms with Gasteiger partial charge in [0.1, 0.15) is 60.4 Å². The second-order valence-electron chi connectivity index (χ2n) is 27.8. The van der Waals surface area contributed by atoms with E-state index >= 15 is 19.2 Å². The average Bonchev–Trinajstić information content (AvgIpc) is 0.880. The number of benzene rings is 1. The van der Waals surface area contributed by atoms with Crippen molar-refractivity contribution in [3.63, 3.8) is 0 Å². The van der Waals surface area contributed by atoms with E-state index in [0.29, 0.717) is 0 Å². The molecule has 0 unspecified atom stereocenters. The number of aryl methyl sites for hydroxylation is 1. The van der Waals surface area contributed by atoms with E-state index in [1.807, 2.05) is 98.7 Å². The summed E-state index contributed by atoms with van der Waals surface area (Å²) >= 11 is 0. The van der Waals surface area contributed by atoms with Crippen LogP contribution >= 0.6 is 0 Å². The fourth-order valence-corrected chi connectivity index (χ4v) is 11.5. The second-order valence-corrected chi connectivity index (χ2v) is 27.8. The molecule has 0 aliphatic carbocycles. The highest BCUT2D eigenvalue weighted by Crippen LogP contribution is 2.26. The molecule has 12 atom stereocenters. The Hall–Kier alpha value is -6.91. The van der Waals surface area contributed by atoms with Crippen molar-refractivity contribution < 1.29 is 57.8 Å². The molecule has 23 nitrogen and oxygen atoms in total. The van der Waals surface area contributed by atoms with Crippen LogP contribution in [0.4, 0.5) is 0 Å². The predicted molar refractivity (Wildman–Crippen MR) is 354 cm³/mol. The lowest BCUT2D eigenvalue weighted by Crippen LogP contribution is -2.63. The van der Waals surface area contributed by atoms with Crippen LogP contribution in [0.25, 0.3) is 6.08 Å². The minimum Gasteiger partial charge on any atom is -0.390 e. The van der Waals surface area contributed by atoms with Gasteiger partial charge in [-0.05, 0) is 112 Å². The van der Waals surface area contributed by atoms with Crippen molar-refractivity contribution in [3.05, 3.63) is 41.5 Å².